The van der Waals surface area contributed by atoms with E-state index >= 15 is 0 Å². The molecule has 1 unspecified atom stereocenters. The third-order valence-electron chi connectivity index (χ3n) is 2.37. The van der Waals surface area contributed by atoms with E-state index in [1.54, 1.807) is 0 Å². The number of cyclic esters (lactones) is 1. The van der Waals surface area contributed by atoms with Crippen molar-refractivity contribution in [1.82, 2.24) is 5.32 Å². The van der Waals surface area contributed by atoms with Crippen molar-refractivity contribution in [2.75, 3.05) is 6.54 Å². The number of alkyl carbamates (subject to hydrolysis) is 1. The number of hydrogen-bond acceptors (Lipinski definition) is 2. The van der Waals surface area contributed by atoms with Crippen molar-refractivity contribution in [1.29, 1.82) is 0 Å². The number of amides is 1. The van der Waals surface area contributed by atoms with Crippen LogP contribution in [0.3, 0.4) is 0 Å². The van der Waals surface area contributed by atoms with Crippen LogP contribution in [0, 0.1) is 0 Å². The lowest BCUT2D eigenvalue weighted by molar-refractivity contribution is 0.0725. The molecule has 1 aromatic carbocycles. The SMILES string of the molecule is CC1(Cc2ccccc2)CNC(=O)O1. The fraction of sp³-hybridized carbons (Fsp3) is 0.364. The molecule has 0 radical (unpaired) electrons. The Hall–Kier alpha value is -1.51. The second-order valence-electron chi connectivity index (χ2n) is 3.86. The van der Waals surface area contributed by atoms with Crippen LogP contribution < -0.4 is 5.32 Å². The van der Waals surface area contributed by atoms with Gasteiger partial charge in [-0.2, -0.15) is 0 Å². The fourth-order valence-corrected chi connectivity index (χ4v) is 1.68. The van der Waals surface area contributed by atoms with E-state index in [2.05, 4.69) is 5.32 Å². The lowest BCUT2D eigenvalue weighted by Crippen LogP contribution is -2.31. The quantitative estimate of drug-likeness (QED) is 0.773. The molecule has 3 heteroatoms. The summed E-state index contributed by atoms with van der Waals surface area (Å²) in [5.41, 5.74) is 0.796. The zero-order valence-corrected chi connectivity index (χ0v) is 8.12. The van der Waals surface area contributed by atoms with E-state index < -0.39 is 5.60 Å². The van der Waals surface area contributed by atoms with Crippen LogP contribution in [0.25, 0.3) is 0 Å². The summed E-state index contributed by atoms with van der Waals surface area (Å²) in [7, 11) is 0. The second-order valence-corrected chi connectivity index (χ2v) is 3.86. The molecular weight excluding hydrogens is 178 g/mol. The molecule has 0 spiro atoms. The summed E-state index contributed by atoms with van der Waals surface area (Å²) in [6, 6.07) is 10.0. The van der Waals surface area contributed by atoms with E-state index in [1.807, 2.05) is 37.3 Å². The average Bonchev–Trinajstić information content (AvgIpc) is 2.47. The zero-order chi connectivity index (χ0) is 10.0. The van der Waals surface area contributed by atoms with Gasteiger partial charge in [-0.3, -0.25) is 0 Å². The van der Waals surface area contributed by atoms with Crippen LogP contribution in [-0.4, -0.2) is 18.2 Å². The van der Waals surface area contributed by atoms with Crippen LogP contribution in [0.15, 0.2) is 30.3 Å². The van der Waals surface area contributed by atoms with Gasteiger partial charge in [0, 0.05) is 6.42 Å². The maximum atomic E-state index is 10.9. The van der Waals surface area contributed by atoms with Crippen molar-refractivity contribution in [2.24, 2.45) is 0 Å². The van der Waals surface area contributed by atoms with Gasteiger partial charge in [-0.05, 0) is 12.5 Å². The first-order chi connectivity index (χ1) is 6.68. The van der Waals surface area contributed by atoms with Crippen LogP contribution in [0.4, 0.5) is 4.79 Å². The van der Waals surface area contributed by atoms with E-state index in [-0.39, 0.29) is 6.09 Å². The fourth-order valence-electron chi connectivity index (χ4n) is 1.68. The summed E-state index contributed by atoms with van der Waals surface area (Å²) >= 11 is 0. The van der Waals surface area contributed by atoms with Crippen LogP contribution >= 0.6 is 0 Å². The Bertz CT molecular complexity index is 336. The smallest absolute Gasteiger partial charge is 0.407 e. The molecule has 3 nitrogen and oxygen atoms in total. The van der Waals surface area contributed by atoms with Gasteiger partial charge in [-0.15, -0.1) is 0 Å². The number of carbonyl (C=O) groups is 1. The van der Waals surface area contributed by atoms with Crippen molar-refractivity contribution in [3.8, 4) is 0 Å². The third-order valence-corrected chi connectivity index (χ3v) is 2.37. The van der Waals surface area contributed by atoms with Gasteiger partial charge in [0.1, 0.15) is 5.60 Å². The Kier molecular flexibility index (Phi) is 2.15. The molecule has 1 heterocycles. The van der Waals surface area contributed by atoms with E-state index in [9.17, 15) is 4.79 Å². The van der Waals surface area contributed by atoms with Crippen LogP contribution in [0.5, 0.6) is 0 Å². The topological polar surface area (TPSA) is 38.3 Å². The normalized spacial score (nSPS) is 25.6. The Morgan fingerprint density at radius 2 is 2.14 bits per heavy atom. The van der Waals surface area contributed by atoms with Gasteiger partial charge in [0.25, 0.3) is 0 Å². The Morgan fingerprint density at radius 1 is 1.43 bits per heavy atom. The Labute approximate surface area is 83.1 Å². The lowest BCUT2D eigenvalue weighted by Gasteiger charge is -2.20. The Balaban J connectivity index is 2.08. The number of hydrogen-bond donors (Lipinski definition) is 1. The molecule has 0 bridgehead atoms. The molecule has 1 aromatic rings. The molecule has 2 rings (SSSR count). The molecule has 0 aromatic heterocycles. The highest BCUT2D eigenvalue weighted by Gasteiger charge is 2.35. The number of rotatable bonds is 2. The molecular formula is C11H13NO2. The predicted molar refractivity (Wildman–Crippen MR) is 53.0 cm³/mol. The molecule has 1 atom stereocenters. The van der Waals surface area contributed by atoms with Gasteiger partial charge in [-0.1, -0.05) is 30.3 Å². The number of nitrogens with one attached hydrogen (secondary N) is 1. The third kappa shape index (κ3) is 1.87. The zero-order valence-electron chi connectivity index (χ0n) is 8.12. The van der Waals surface area contributed by atoms with E-state index in [1.165, 1.54) is 5.56 Å². The minimum atomic E-state index is -0.390. The van der Waals surface area contributed by atoms with Gasteiger partial charge in [0.15, 0.2) is 0 Å². The average molecular weight is 191 g/mol. The highest BCUT2D eigenvalue weighted by atomic mass is 16.6. The Morgan fingerprint density at radius 3 is 2.71 bits per heavy atom. The molecule has 1 aliphatic heterocycles. The lowest BCUT2D eigenvalue weighted by atomic mass is 9.97. The van der Waals surface area contributed by atoms with E-state index in [0.717, 1.165) is 6.42 Å². The minimum absolute atomic E-state index is 0.316. The maximum Gasteiger partial charge on any atom is 0.407 e. The highest BCUT2D eigenvalue weighted by molar-refractivity contribution is 5.70. The van der Waals surface area contributed by atoms with Gasteiger partial charge >= 0.3 is 6.09 Å². The maximum absolute atomic E-state index is 10.9. The molecule has 1 aliphatic rings. The van der Waals surface area contributed by atoms with Crippen molar-refractivity contribution in [2.45, 2.75) is 18.9 Å². The van der Waals surface area contributed by atoms with Gasteiger partial charge in [-0.25, -0.2) is 4.79 Å². The van der Waals surface area contributed by atoms with Crippen LogP contribution in [-0.2, 0) is 11.2 Å². The standard InChI is InChI=1S/C11H13NO2/c1-11(8-12-10(13)14-11)7-9-5-3-2-4-6-9/h2-6H,7-8H2,1H3,(H,12,13). The van der Waals surface area contributed by atoms with E-state index in [0.29, 0.717) is 6.54 Å². The summed E-state index contributed by atoms with van der Waals surface area (Å²) in [6.45, 7) is 2.53. The minimum Gasteiger partial charge on any atom is -0.441 e. The summed E-state index contributed by atoms with van der Waals surface area (Å²) < 4.78 is 5.20. The highest BCUT2D eigenvalue weighted by Crippen LogP contribution is 2.20. The largest absolute Gasteiger partial charge is 0.441 e. The molecule has 74 valence electrons. The van der Waals surface area contributed by atoms with Crippen molar-refractivity contribution in [3.63, 3.8) is 0 Å². The molecule has 1 N–H and O–H groups in total. The summed E-state index contributed by atoms with van der Waals surface area (Å²) in [6.07, 6.45) is 0.440. The van der Waals surface area contributed by atoms with Crippen LogP contribution in [0.2, 0.25) is 0 Å². The number of benzene rings is 1. The summed E-state index contributed by atoms with van der Waals surface area (Å²) in [5, 5.41) is 2.67. The van der Waals surface area contributed by atoms with Gasteiger partial charge < -0.3 is 10.1 Å². The van der Waals surface area contributed by atoms with Gasteiger partial charge in [0.2, 0.25) is 0 Å². The first-order valence-electron chi connectivity index (χ1n) is 4.69. The summed E-state index contributed by atoms with van der Waals surface area (Å²) in [5.74, 6) is 0. The predicted octanol–water partition coefficient (Wildman–Crippen LogP) is 1.73. The second kappa shape index (κ2) is 3.33. The van der Waals surface area contributed by atoms with E-state index in [4.69, 9.17) is 4.74 Å². The first-order valence-corrected chi connectivity index (χ1v) is 4.69. The monoisotopic (exact) mass is 191 g/mol. The van der Waals surface area contributed by atoms with Crippen molar-refractivity contribution < 1.29 is 9.53 Å². The van der Waals surface area contributed by atoms with Crippen LogP contribution in [0.1, 0.15) is 12.5 Å². The molecule has 0 saturated carbocycles. The summed E-state index contributed by atoms with van der Waals surface area (Å²) in [4.78, 5) is 10.9. The molecule has 1 saturated heterocycles. The molecule has 1 amide bonds. The van der Waals surface area contributed by atoms with Crippen molar-refractivity contribution >= 4 is 6.09 Å². The number of carbonyl (C=O) groups excluding carboxylic acids is 1. The molecule has 14 heavy (non-hydrogen) atoms. The van der Waals surface area contributed by atoms with Crippen molar-refractivity contribution in [3.05, 3.63) is 35.9 Å². The number of ether oxygens (including phenoxy) is 1. The molecule has 0 aliphatic carbocycles. The molecule has 1 fully saturated rings. The first kappa shape index (κ1) is 9.06. The van der Waals surface area contributed by atoms with Gasteiger partial charge in [0.05, 0.1) is 6.54 Å².